The van der Waals surface area contributed by atoms with Gasteiger partial charge >= 0.3 is 0 Å². The normalized spacial score (nSPS) is 23.5. The molecule has 4 rings (SSSR count). The number of nitrogen functional groups attached to an aromatic ring is 1. The number of aliphatic hydroxyl groups excluding tert-OH is 1. The number of ketones is 1. The number of hydrazine groups is 1. The van der Waals surface area contributed by atoms with Crippen LogP contribution in [0, 0.1) is 11.3 Å². The first-order valence-electron chi connectivity index (χ1n) is 13.5. The number of aliphatic hydroxyl groups is 1. The molecule has 2 aromatic heterocycles. The number of fused-ring (bicyclic) bond motifs is 1. The zero-order valence-electron chi connectivity index (χ0n) is 24.2. The van der Waals surface area contributed by atoms with Gasteiger partial charge in [0.15, 0.2) is 11.5 Å². The van der Waals surface area contributed by atoms with Gasteiger partial charge in [-0.2, -0.15) is 10.5 Å². The van der Waals surface area contributed by atoms with Crippen LogP contribution in [0.4, 0.5) is 5.82 Å². The van der Waals surface area contributed by atoms with Crippen LogP contribution in [0.25, 0.3) is 11.2 Å². The number of imidazole rings is 1. The molecule has 1 saturated heterocycles. The molecule has 1 fully saturated rings. The minimum Gasteiger partial charge on any atom is -0.394 e. The number of methoxy groups -OCH3 is 1. The highest BCUT2D eigenvalue weighted by Gasteiger charge is 2.63. The Balaban J connectivity index is 1.76. The second-order valence-electron chi connectivity index (χ2n) is 10.8. The summed E-state index contributed by atoms with van der Waals surface area (Å²) in [5, 5.41) is 24.4. The van der Waals surface area contributed by atoms with Crippen LogP contribution >= 0.6 is 8.53 Å². The first kappa shape index (κ1) is 31.8. The van der Waals surface area contributed by atoms with E-state index >= 15 is 0 Å². The Labute approximate surface area is 245 Å². The summed E-state index contributed by atoms with van der Waals surface area (Å²) in [6.07, 6.45) is 0.0648. The molecule has 42 heavy (non-hydrogen) atoms. The van der Waals surface area contributed by atoms with E-state index in [1.54, 1.807) is 30.3 Å². The third-order valence-corrected chi connectivity index (χ3v) is 8.16. The van der Waals surface area contributed by atoms with Crippen molar-refractivity contribution in [3.63, 3.8) is 0 Å². The number of carbonyl (C=O) groups is 1. The van der Waals surface area contributed by atoms with Crippen LogP contribution in [0.1, 0.15) is 50.9 Å². The van der Waals surface area contributed by atoms with Gasteiger partial charge < -0.3 is 29.7 Å². The fourth-order valence-electron chi connectivity index (χ4n) is 5.38. The van der Waals surface area contributed by atoms with E-state index in [1.165, 1.54) is 24.3 Å². The van der Waals surface area contributed by atoms with Gasteiger partial charge in [0, 0.05) is 30.7 Å². The van der Waals surface area contributed by atoms with Crippen molar-refractivity contribution in [1.29, 1.82) is 5.26 Å². The Morgan fingerprint density at radius 3 is 2.67 bits per heavy atom. The standard InChI is InChI=1S/C27H37N8O6P/c1-17(2)35(26(3,4)12-9-13-28)33-42(38)41-21-19(14-36)40-27(23(21)39-5,22(37)18-10-7-6-8-11-18)34-16-32-20-24(29)30-15-31-25(20)34/h6-8,10-11,15-17,19,21,23,33,36,38H,9,12,14H2,1-5H3,(H2,29,30,31)/t19-,21-,23-,27-,42?/m1/s1. The number of nitriles is 1. The molecule has 3 aromatic rings. The maximum atomic E-state index is 14.4. The molecule has 0 aliphatic carbocycles. The van der Waals surface area contributed by atoms with Gasteiger partial charge in [-0.15, -0.1) is 0 Å². The predicted octanol–water partition coefficient (Wildman–Crippen LogP) is 2.25. The molecule has 0 amide bonds. The van der Waals surface area contributed by atoms with E-state index in [2.05, 4.69) is 26.2 Å². The molecule has 1 unspecified atom stereocenters. The van der Waals surface area contributed by atoms with E-state index in [0.29, 0.717) is 18.4 Å². The monoisotopic (exact) mass is 600 g/mol. The zero-order valence-corrected chi connectivity index (χ0v) is 25.1. The smallest absolute Gasteiger partial charge is 0.268 e. The molecule has 14 nitrogen and oxygen atoms in total. The summed E-state index contributed by atoms with van der Waals surface area (Å²) < 4.78 is 19.8. The zero-order chi connectivity index (χ0) is 30.7. The van der Waals surface area contributed by atoms with Gasteiger partial charge in [0.1, 0.15) is 36.5 Å². The van der Waals surface area contributed by atoms with Crippen molar-refractivity contribution in [3.8, 4) is 6.07 Å². The van der Waals surface area contributed by atoms with Crippen molar-refractivity contribution in [2.24, 2.45) is 0 Å². The summed E-state index contributed by atoms with van der Waals surface area (Å²) >= 11 is 0. The summed E-state index contributed by atoms with van der Waals surface area (Å²) in [4.78, 5) is 38.2. The number of nitrogens with two attached hydrogens (primary N) is 1. The number of hydrogen-bond acceptors (Lipinski definition) is 13. The van der Waals surface area contributed by atoms with Gasteiger partial charge in [-0.3, -0.25) is 9.36 Å². The number of anilines is 1. The highest BCUT2D eigenvalue weighted by atomic mass is 31.2. The van der Waals surface area contributed by atoms with Crippen LogP contribution in [0.5, 0.6) is 0 Å². The SMILES string of the molecule is CO[C@@H]1[C@H](OP(O)NN(C(C)C)C(C)(C)CCC#N)[C@@H](CO)O[C@@]1(C(=O)c1ccccc1)n1cnc2c(N)ncnc21. The van der Waals surface area contributed by atoms with Gasteiger partial charge in [-0.25, -0.2) is 20.0 Å². The summed E-state index contributed by atoms with van der Waals surface area (Å²) in [6.45, 7) is 7.24. The molecule has 1 aliphatic rings. The topological polar surface area (TPSA) is 194 Å². The minimum atomic E-state index is -2.38. The lowest BCUT2D eigenvalue weighted by molar-refractivity contribution is -0.121. The number of hydrogen-bond donors (Lipinski definition) is 4. The third kappa shape index (κ3) is 5.88. The average molecular weight is 601 g/mol. The van der Waals surface area contributed by atoms with E-state index in [4.69, 9.17) is 25.0 Å². The first-order valence-corrected chi connectivity index (χ1v) is 14.7. The molecule has 0 saturated carbocycles. The number of ether oxygens (including phenoxy) is 2. The fraction of sp³-hybridized carbons (Fsp3) is 0.519. The number of Topliss-reactive ketones (excluding diaryl/α,β-unsaturated/α-hetero) is 1. The quantitative estimate of drug-likeness (QED) is 0.127. The van der Waals surface area contributed by atoms with Crippen LogP contribution in [0.3, 0.4) is 0 Å². The van der Waals surface area contributed by atoms with E-state index in [9.17, 15) is 14.8 Å². The summed E-state index contributed by atoms with van der Waals surface area (Å²) in [6, 6.07) is 10.6. The van der Waals surface area contributed by atoms with Gasteiger partial charge in [0.05, 0.1) is 12.7 Å². The summed E-state index contributed by atoms with van der Waals surface area (Å²) in [7, 11) is -0.992. The largest absolute Gasteiger partial charge is 0.394 e. The van der Waals surface area contributed by atoms with E-state index in [1.807, 2.05) is 32.7 Å². The molecule has 5 atom stereocenters. The van der Waals surface area contributed by atoms with Crippen molar-refractivity contribution in [3.05, 3.63) is 48.5 Å². The van der Waals surface area contributed by atoms with Crippen molar-refractivity contribution >= 4 is 31.3 Å². The molecule has 0 bridgehead atoms. The Kier molecular flexibility index (Phi) is 9.87. The van der Waals surface area contributed by atoms with Crippen LogP contribution < -0.4 is 10.9 Å². The number of nitrogens with zero attached hydrogens (tertiary/aromatic N) is 6. The van der Waals surface area contributed by atoms with Crippen molar-refractivity contribution in [1.82, 2.24) is 29.7 Å². The number of carbonyl (C=O) groups excluding carboxylic acids is 1. The lowest BCUT2D eigenvalue weighted by Gasteiger charge is -2.42. The second kappa shape index (κ2) is 13.0. The van der Waals surface area contributed by atoms with Gasteiger partial charge in [0.25, 0.3) is 8.53 Å². The Hall–Kier alpha value is -3.12. The van der Waals surface area contributed by atoms with Crippen LogP contribution in [-0.4, -0.2) is 83.9 Å². The van der Waals surface area contributed by atoms with E-state index in [-0.39, 0.29) is 23.0 Å². The van der Waals surface area contributed by atoms with Crippen LogP contribution in [-0.2, 0) is 19.7 Å². The fourth-order valence-corrected chi connectivity index (χ4v) is 6.59. The molecule has 1 aliphatic heterocycles. The average Bonchev–Trinajstić information content (AvgIpc) is 3.55. The van der Waals surface area contributed by atoms with Crippen molar-refractivity contribution in [2.45, 2.75) is 76.2 Å². The van der Waals surface area contributed by atoms with Crippen molar-refractivity contribution < 1.29 is 28.8 Å². The van der Waals surface area contributed by atoms with Crippen LogP contribution in [0.15, 0.2) is 43.0 Å². The number of nitrogens with one attached hydrogen (secondary N) is 1. The molecule has 3 heterocycles. The molecular weight excluding hydrogens is 563 g/mol. The molecule has 1 aromatic carbocycles. The van der Waals surface area contributed by atoms with Crippen molar-refractivity contribution in [2.75, 3.05) is 19.5 Å². The highest BCUT2D eigenvalue weighted by Crippen LogP contribution is 2.46. The molecular formula is C27H37N8O6P. The number of aromatic nitrogens is 4. The Bertz CT molecular complexity index is 1420. The number of rotatable bonds is 13. The maximum absolute atomic E-state index is 14.4. The lowest BCUT2D eigenvalue weighted by atomic mass is 9.93. The van der Waals surface area contributed by atoms with Gasteiger partial charge in [-0.05, 0) is 34.1 Å². The highest BCUT2D eigenvalue weighted by molar-refractivity contribution is 7.43. The van der Waals surface area contributed by atoms with Gasteiger partial charge in [0.2, 0.25) is 11.5 Å². The predicted molar refractivity (Wildman–Crippen MR) is 154 cm³/mol. The minimum absolute atomic E-state index is 0.0765. The lowest BCUT2D eigenvalue weighted by Crippen LogP contribution is -2.55. The molecule has 0 spiro atoms. The van der Waals surface area contributed by atoms with E-state index < -0.39 is 50.5 Å². The van der Waals surface area contributed by atoms with Gasteiger partial charge in [-0.1, -0.05) is 30.3 Å². The molecule has 0 radical (unpaired) electrons. The Morgan fingerprint density at radius 2 is 2.05 bits per heavy atom. The molecule has 15 heteroatoms. The van der Waals surface area contributed by atoms with E-state index in [0.717, 1.165) is 0 Å². The maximum Gasteiger partial charge on any atom is 0.268 e. The Morgan fingerprint density at radius 1 is 1.33 bits per heavy atom. The molecule has 5 N–H and O–H groups in total. The first-order chi connectivity index (χ1) is 20.0. The third-order valence-electron chi connectivity index (χ3n) is 7.33. The summed E-state index contributed by atoms with van der Waals surface area (Å²) in [5.74, 6) is -0.400. The second-order valence-corrected chi connectivity index (χ2v) is 11.8. The number of benzene rings is 1. The summed E-state index contributed by atoms with van der Waals surface area (Å²) in [5.41, 5.74) is 4.33. The van der Waals surface area contributed by atoms with Crippen LogP contribution in [0.2, 0.25) is 0 Å². The molecule has 226 valence electrons.